The number of ketones is 1. The molecule has 4 aromatic rings. The molecule has 3 aromatic carbocycles. The van der Waals surface area contributed by atoms with E-state index in [4.69, 9.17) is 14.2 Å². The molecule has 2 heterocycles. The summed E-state index contributed by atoms with van der Waals surface area (Å²) < 4.78 is 18.1. The van der Waals surface area contributed by atoms with Crippen molar-refractivity contribution in [2.75, 3.05) is 40.0 Å². The van der Waals surface area contributed by atoms with Crippen LogP contribution in [-0.2, 0) is 0 Å². The van der Waals surface area contributed by atoms with E-state index in [9.17, 15) is 4.79 Å². The monoisotopic (exact) mass is 529 g/mol. The Bertz CT molecular complexity index is 1350. The molecule has 0 spiro atoms. The van der Waals surface area contributed by atoms with E-state index in [-0.39, 0.29) is 5.78 Å². The minimum atomic E-state index is 0.00131. The maximum Gasteiger partial charge on any atom is 0.195 e. The normalized spacial score (nSPS) is 14.3. The first-order valence-corrected chi connectivity index (χ1v) is 14.3. The summed E-state index contributed by atoms with van der Waals surface area (Å²) in [7, 11) is 1.66. The number of likely N-dealkylation sites (tertiary alicyclic amines) is 1. The van der Waals surface area contributed by atoms with Crippen LogP contribution in [0.15, 0.2) is 66.7 Å². The SMILES string of the molecule is CCOc1ccc(-c2sc3cc(OC)ccc3c2C(=O)c2ccc(OCCN3CCCCCC3)cc2)cc1. The number of fused-ring (bicyclic) bond motifs is 1. The number of methoxy groups -OCH3 is 1. The zero-order valence-corrected chi connectivity index (χ0v) is 23.0. The van der Waals surface area contributed by atoms with Crippen LogP contribution in [0.4, 0.5) is 0 Å². The zero-order chi connectivity index (χ0) is 26.3. The van der Waals surface area contributed by atoms with Gasteiger partial charge in [0.05, 0.1) is 13.7 Å². The van der Waals surface area contributed by atoms with Crippen molar-refractivity contribution in [1.29, 1.82) is 0 Å². The number of benzene rings is 3. The van der Waals surface area contributed by atoms with Gasteiger partial charge in [0.15, 0.2) is 5.78 Å². The summed E-state index contributed by atoms with van der Waals surface area (Å²) in [4.78, 5) is 17.3. The molecule has 0 amide bonds. The molecule has 198 valence electrons. The van der Waals surface area contributed by atoms with Crippen molar-refractivity contribution in [2.24, 2.45) is 0 Å². The number of hydrogen-bond acceptors (Lipinski definition) is 6. The van der Waals surface area contributed by atoms with Crippen LogP contribution in [0, 0.1) is 0 Å². The first-order chi connectivity index (χ1) is 18.7. The Morgan fingerprint density at radius 3 is 2.18 bits per heavy atom. The lowest BCUT2D eigenvalue weighted by Crippen LogP contribution is -2.29. The van der Waals surface area contributed by atoms with Crippen LogP contribution in [0.25, 0.3) is 20.5 Å². The highest BCUT2D eigenvalue weighted by atomic mass is 32.1. The van der Waals surface area contributed by atoms with Gasteiger partial charge in [-0.25, -0.2) is 0 Å². The van der Waals surface area contributed by atoms with E-state index in [1.54, 1.807) is 18.4 Å². The summed E-state index contributed by atoms with van der Waals surface area (Å²) in [5.74, 6) is 2.39. The molecule has 0 radical (unpaired) electrons. The molecule has 5 rings (SSSR count). The second-order valence-electron chi connectivity index (χ2n) is 9.58. The lowest BCUT2D eigenvalue weighted by atomic mass is 9.97. The molecule has 5 nitrogen and oxygen atoms in total. The van der Waals surface area contributed by atoms with Crippen LogP contribution in [0.3, 0.4) is 0 Å². The molecule has 1 aromatic heterocycles. The number of nitrogens with zero attached hydrogens (tertiary/aromatic N) is 1. The van der Waals surface area contributed by atoms with Gasteiger partial charge in [0.25, 0.3) is 0 Å². The number of carbonyl (C=O) groups excluding carboxylic acids is 1. The van der Waals surface area contributed by atoms with Gasteiger partial charge in [-0.3, -0.25) is 9.69 Å². The fourth-order valence-electron chi connectivity index (χ4n) is 5.00. The lowest BCUT2D eigenvalue weighted by molar-refractivity contribution is 0.104. The number of rotatable bonds is 10. The lowest BCUT2D eigenvalue weighted by Gasteiger charge is -2.19. The number of hydrogen-bond donors (Lipinski definition) is 0. The second kappa shape index (κ2) is 12.5. The highest BCUT2D eigenvalue weighted by Gasteiger charge is 2.22. The summed E-state index contributed by atoms with van der Waals surface area (Å²) >= 11 is 1.61. The first-order valence-electron chi connectivity index (χ1n) is 13.5. The molecule has 6 heteroatoms. The van der Waals surface area contributed by atoms with Crippen LogP contribution < -0.4 is 14.2 Å². The van der Waals surface area contributed by atoms with E-state index >= 15 is 0 Å². The molecule has 0 unspecified atom stereocenters. The van der Waals surface area contributed by atoms with E-state index in [1.165, 1.54) is 25.7 Å². The Labute approximate surface area is 229 Å². The Hall–Kier alpha value is -3.35. The van der Waals surface area contributed by atoms with Crippen molar-refractivity contribution >= 4 is 27.2 Å². The largest absolute Gasteiger partial charge is 0.497 e. The Morgan fingerprint density at radius 1 is 0.842 bits per heavy atom. The van der Waals surface area contributed by atoms with Gasteiger partial charge in [-0.1, -0.05) is 12.8 Å². The van der Waals surface area contributed by atoms with Gasteiger partial charge in [0.1, 0.15) is 23.9 Å². The standard InChI is InChI=1S/C32H35NO4S/c1-3-36-25-14-10-24(11-15-25)32-30(28-17-16-27(35-2)22-29(28)38-32)31(34)23-8-12-26(13-9-23)37-21-20-33-18-6-4-5-7-19-33/h8-17,22H,3-7,18-21H2,1-2H3. The van der Waals surface area contributed by atoms with Gasteiger partial charge >= 0.3 is 0 Å². The molecular weight excluding hydrogens is 494 g/mol. The topological polar surface area (TPSA) is 48.0 Å². The van der Waals surface area contributed by atoms with Crippen LogP contribution in [0.2, 0.25) is 0 Å². The third kappa shape index (κ3) is 6.03. The summed E-state index contributed by atoms with van der Waals surface area (Å²) in [6, 6.07) is 21.4. The molecule has 1 aliphatic heterocycles. The summed E-state index contributed by atoms with van der Waals surface area (Å²) in [6.07, 6.45) is 5.22. The molecule has 1 saturated heterocycles. The maximum atomic E-state index is 13.9. The smallest absolute Gasteiger partial charge is 0.195 e. The van der Waals surface area contributed by atoms with Crippen LogP contribution in [0.5, 0.6) is 17.2 Å². The average molecular weight is 530 g/mol. The third-order valence-electron chi connectivity index (χ3n) is 7.04. The molecule has 0 saturated carbocycles. The van der Waals surface area contributed by atoms with Crippen LogP contribution in [0.1, 0.15) is 48.5 Å². The molecule has 0 bridgehead atoms. The van der Waals surface area contributed by atoms with E-state index in [0.29, 0.717) is 24.3 Å². The van der Waals surface area contributed by atoms with E-state index in [1.807, 2.05) is 73.7 Å². The van der Waals surface area contributed by atoms with Crippen molar-refractivity contribution in [3.63, 3.8) is 0 Å². The van der Waals surface area contributed by atoms with Crippen molar-refractivity contribution in [3.8, 4) is 27.7 Å². The van der Waals surface area contributed by atoms with E-state index < -0.39 is 0 Å². The van der Waals surface area contributed by atoms with Gasteiger partial charge in [-0.05, 0) is 105 Å². The zero-order valence-electron chi connectivity index (χ0n) is 22.2. The van der Waals surface area contributed by atoms with Crippen molar-refractivity contribution in [1.82, 2.24) is 4.90 Å². The predicted molar refractivity (Wildman–Crippen MR) is 155 cm³/mol. The third-order valence-corrected chi connectivity index (χ3v) is 8.24. The predicted octanol–water partition coefficient (Wildman–Crippen LogP) is 7.46. The number of carbonyl (C=O) groups is 1. The number of thiophene rings is 1. The quantitative estimate of drug-likeness (QED) is 0.200. The molecule has 0 aliphatic carbocycles. The van der Waals surface area contributed by atoms with E-state index in [0.717, 1.165) is 57.4 Å². The van der Waals surface area contributed by atoms with Gasteiger partial charge in [0.2, 0.25) is 0 Å². The fraction of sp³-hybridized carbons (Fsp3) is 0.344. The summed E-state index contributed by atoms with van der Waals surface area (Å²) in [6.45, 7) is 6.50. The molecule has 1 aliphatic rings. The first kappa shape index (κ1) is 26.3. The summed E-state index contributed by atoms with van der Waals surface area (Å²) in [5.41, 5.74) is 2.35. The molecule has 38 heavy (non-hydrogen) atoms. The van der Waals surface area contributed by atoms with Gasteiger partial charge in [0, 0.05) is 32.6 Å². The summed E-state index contributed by atoms with van der Waals surface area (Å²) in [5, 5.41) is 0.933. The van der Waals surface area contributed by atoms with Crippen molar-refractivity contribution < 1.29 is 19.0 Å². The fourth-order valence-corrected chi connectivity index (χ4v) is 6.23. The Morgan fingerprint density at radius 2 is 1.50 bits per heavy atom. The van der Waals surface area contributed by atoms with Gasteiger partial charge in [-0.2, -0.15) is 0 Å². The van der Waals surface area contributed by atoms with Gasteiger partial charge in [-0.15, -0.1) is 11.3 Å². The van der Waals surface area contributed by atoms with Crippen LogP contribution in [-0.4, -0.2) is 50.6 Å². The minimum absolute atomic E-state index is 0.00131. The minimum Gasteiger partial charge on any atom is -0.497 e. The van der Waals surface area contributed by atoms with Crippen molar-refractivity contribution in [2.45, 2.75) is 32.6 Å². The van der Waals surface area contributed by atoms with Crippen molar-refractivity contribution in [3.05, 3.63) is 77.9 Å². The molecular formula is C32H35NO4S. The maximum absolute atomic E-state index is 13.9. The second-order valence-corrected chi connectivity index (χ2v) is 10.6. The van der Waals surface area contributed by atoms with Crippen LogP contribution >= 0.6 is 11.3 Å². The van der Waals surface area contributed by atoms with Gasteiger partial charge < -0.3 is 14.2 Å². The number of ether oxygens (including phenoxy) is 3. The highest BCUT2D eigenvalue weighted by molar-refractivity contribution is 7.22. The average Bonchev–Trinajstić information content (AvgIpc) is 3.13. The Balaban J connectivity index is 1.38. The molecule has 0 atom stereocenters. The Kier molecular flexibility index (Phi) is 8.61. The molecule has 1 fully saturated rings. The van der Waals surface area contributed by atoms with E-state index in [2.05, 4.69) is 4.90 Å². The molecule has 0 N–H and O–H groups in total. The highest BCUT2D eigenvalue weighted by Crippen LogP contribution is 2.41.